The van der Waals surface area contributed by atoms with Crippen molar-refractivity contribution in [3.05, 3.63) is 126 Å². The van der Waals surface area contributed by atoms with Crippen LogP contribution in [0.3, 0.4) is 0 Å². The van der Waals surface area contributed by atoms with Crippen molar-refractivity contribution in [2.24, 2.45) is 0 Å². The van der Waals surface area contributed by atoms with Crippen LogP contribution >= 0.6 is 0 Å². The first-order chi connectivity index (χ1) is 23.7. The number of rotatable bonds is 14. The van der Waals surface area contributed by atoms with E-state index in [-0.39, 0.29) is 35.5 Å². The van der Waals surface area contributed by atoms with Gasteiger partial charge < -0.3 is 15.0 Å². The van der Waals surface area contributed by atoms with Gasteiger partial charge in [-0.2, -0.15) is 0 Å². The fourth-order valence-electron chi connectivity index (χ4n) is 6.21. The molecule has 258 valence electrons. The van der Waals surface area contributed by atoms with E-state index >= 15 is 0 Å². The van der Waals surface area contributed by atoms with Gasteiger partial charge in [0.1, 0.15) is 24.2 Å². The number of carbonyl (C=O) groups excluding carboxylic acids is 2. The minimum atomic E-state index is -4.33. The zero-order valence-electron chi connectivity index (χ0n) is 28.1. The molecular weight excluding hydrogens is 642 g/mol. The highest BCUT2D eigenvalue weighted by molar-refractivity contribution is 7.92. The van der Waals surface area contributed by atoms with Gasteiger partial charge >= 0.3 is 0 Å². The predicted octanol–water partition coefficient (Wildman–Crippen LogP) is 6.82. The Kier molecular flexibility index (Phi) is 12.1. The lowest BCUT2D eigenvalue weighted by Crippen LogP contribution is -2.55. The quantitative estimate of drug-likeness (QED) is 0.157. The second-order valence-corrected chi connectivity index (χ2v) is 14.3. The fourth-order valence-corrected chi connectivity index (χ4v) is 7.62. The number of benzene rings is 4. The molecule has 0 heterocycles. The van der Waals surface area contributed by atoms with E-state index in [9.17, 15) is 22.4 Å². The molecule has 0 unspecified atom stereocenters. The van der Waals surface area contributed by atoms with Crippen molar-refractivity contribution in [3.63, 3.8) is 0 Å². The maximum Gasteiger partial charge on any atom is 0.264 e. The maximum atomic E-state index is 14.7. The van der Waals surface area contributed by atoms with Gasteiger partial charge in [-0.3, -0.25) is 13.9 Å². The fraction of sp³-hybridized carbons (Fsp3) is 0.333. The van der Waals surface area contributed by atoms with Gasteiger partial charge in [-0.25, -0.2) is 12.8 Å². The van der Waals surface area contributed by atoms with Crippen molar-refractivity contribution in [2.75, 3.05) is 17.5 Å². The summed E-state index contributed by atoms with van der Waals surface area (Å²) in [7, 11) is -4.33. The smallest absolute Gasteiger partial charge is 0.264 e. The van der Waals surface area contributed by atoms with Crippen LogP contribution in [-0.2, 0) is 32.6 Å². The average Bonchev–Trinajstić information content (AvgIpc) is 3.11. The second kappa shape index (κ2) is 16.6. The second-order valence-electron chi connectivity index (χ2n) is 12.4. The summed E-state index contributed by atoms with van der Waals surface area (Å²) in [4.78, 5) is 30.4. The van der Waals surface area contributed by atoms with E-state index in [1.807, 2.05) is 68.4 Å². The van der Waals surface area contributed by atoms with E-state index in [0.29, 0.717) is 12.4 Å². The number of hydrogen-bond acceptors (Lipinski definition) is 5. The van der Waals surface area contributed by atoms with Crippen LogP contribution in [0.25, 0.3) is 0 Å². The number of ether oxygens (including phenoxy) is 1. The molecule has 0 aromatic heterocycles. The summed E-state index contributed by atoms with van der Waals surface area (Å²) >= 11 is 0. The van der Waals surface area contributed by atoms with E-state index in [0.717, 1.165) is 65.2 Å². The predicted molar refractivity (Wildman–Crippen MR) is 189 cm³/mol. The van der Waals surface area contributed by atoms with Crippen LogP contribution in [0.1, 0.15) is 55.7 Å². The molecule has 8 nitrogen and oxygen atoms in total. The van der Waals surface area contributed by atoms with Crippen molar-refractivity contribution in [2.45, 2.75) is 75.9 Å². The summed E-state index contributed by atoms with van der Waals surface area (Å²) in [5.41, 5.74) is 2.75. The molecule has 0 saturated heterocycles. The van der Waals surface area contributed by atoms with Gasteiger partial charge in [0.05, 0.1) is 17.2 Å². The Morgan fingerprint density at radius 3 is 2.18 bits per heavy atom. The Labute approximate surface area is 289 Å². The van der Waals surface area contributed by atoms with Gasteiger partial charge in [0, 0.05) is 19.0 Å². The summed E-state index contributed by atoms with van der Waals surface area (Å²) in [6.07, 6.45) is 5.15. The van der Waals surface area contributed by atoms with E-state index in [1.54, 1.807) is 12.1 Å². The molecule has 1 atom stereocenters. The average molecular weight is 686 g/mol. The molecular formula is C39H44FN3O5S. The van der Waals surface area contributed by atoms with Gasteiger partial charge in [-0.05, 0) is 91.9 Å². The molecule has 2 amide bonds. The van der Waals surface area contributed by atoms with Crippen LogP contribution in [0, 0.1) is 12.7 Å². The molecule has 1 aliphatic carbocycles. The molecule has 0 spiro atoms. The first-order valence-electron chi connectivity index (χ1n) is 16.8. The third kappa shape index (κ3) is 9.26. The van der Waals surface area contributed by atoms with Gasteiger partial charge in [0.15, 0.2) is 0 Å². The molecule has 4 aromatic rings. The molecule has 1 aliphatic rings. The lowest BCUT2D eigenvalue weighted by atomic mass is 9.94. The van der Waals surface area contributed by atoms with E-state index in [4.69, 9.17) is 4.74 Å². The molecule has 1 fully saturated rings. The number of aryl methyl sites for hydroxylation is 1. The van der Waals surface area contributed by atoms with Gasteiger partial charge in [0.25, 0.3) is 10.0 Å². The summed E-state index contributed by atoms with van der Waals surface area (Å²) in [6.45, 7) is 3.65. The molecule has 0 radical (unpaired) electrons. The maximum absolute atomic E-state index is 14.7. The number of hydrogen-bond donors (Lipinski definition) is 1. The molecule has 49 heavy (non-hydrogen) atoms. The molecule has 0 aliphatic heterocycles. The van der Waals surface area contributed by atoms with E-state index in [2.05, 4.69) is 5.32 Å². The third-order valence-electron chi connectivity index (χ3n) is 8.94. The number of halogens is 1. The normalized spacial score (nSPS) is 14.1. The van der Waals surface area contributed by atoms with Crippen LogP contribution in [0.15, 0.2) is 108 Å². The first kappa shape index (κ1) is 35.6. The number of nitrogens with zero attached hydrogens (tertiary/aromatic N) is 2. The van der Waals surface area contributed by atoms with Gasteiger partial charge in [-0.15, -0.1) is 0 Å². The van der Waals surface area contributed by atoms with Crippen molar-refractivity contribution in [1.82, 2.24) is 10.2 Å². The van der Waals surface area contributed by atoms with E-state index < -0.39 is 34.3 Å². The summed E-state index contributed by atoms with van der Waals surface area (Å²) in [5, 5.41) is 3.22. The number of amides is 2. The highest BCUT2D eigenvalue weighted by Crippen LogP contribution is 2.27. The van der Waals surface area contributed by atoms with E-state index in [1.165, 1.54) is 29.2 Å². The lowest BCUT2D eigenvalue weighted by molar-refractivity contribution is -0.140. The number of nitrogens with one attached hydrogen (secondary N) is 1. The number of sulfonamides is 1. The molecule has 10 heteroatoms. The van der Waals surface area contributed by atoms with Crippen molar-refractivity contribution in [3.8, 4) is 5.75 Å². The Hall–Kier alpha value is -4.70. The highest BCUT2D eigenvalue weighted by atomic mass is 32.2. The van der Waals surface area contributed by atoms with Crippen LogP contribution in [0.5, 0.6) is 5.75 Å². The summed E-state index contributed by atoms with van der Waals surface area (Å²) < 4.78 is 49.0. The molecule has 0 bridgehead atoms. The molecule has 1 saturated carbocycles. The minimum absolute atomic E-state index is 0.00527. The van der Waals surface area contributed by atoms with Gasteiger partial charge in [0.2, 0.25) is 11.8 Å². The van der Waals surface area contributed by atoms with Crippen molar-refractivity contribution < 1.29 is 27.1 Å². The highest BCUT2D eigenvalue weighted by Gasteiger charge is 2.35. The van der Waals surface area contributed by atoms with Crippen LogP contribution < -0.4 is 14.4 Å². The van der Waals surface area contributed by atoms with Crippen LogP contribution in [0.4, 0.5) is 10.1 Å². The Bertz CT molecular complexity index is 1790. The molecule has 4 aromatic carbocycles. The largest absolute Gasteiger partial charge is 0.494 e. The standard InChI is InChI=1S/C39H44FN3O5S/c1-3-48-35-22-24-36(25-23-35)49(46,47)43(34-20-18-32(40)19-21-34)28-38(44)42(27-31-15-11-10-12-29(31)2)37(26-30-13-6-4-7-14-30)39(45)41-33-16-8-5-9-17-33/h4,6-7,10-15,18-25,33,37H,3,5,8-9,16-17,26-28H2,1-2H3,(H,41,45)/t37-/m0/s1. The number of carbonyl (C=O) groups is 2. The zero-order valence-corrected chi connectivity index (χ0v) is 28.9. The van der Waals surface area contributed by atoms with Crippen molar-refractivity contribution in [1.29, 1.82) is 0 Å². The Morgan fingerprint density at radius 2 is 1.53 bits per heavy atom. The minimum Gasteiger partial charge on any atom is -0.494 e. The van der Waals surface area contributed by atoms with Crippen molar-refractivity contribution >= 4 is 27.5 Å². The number of anilines is 1. The lowest BCUT2D eigenvalue weighted by Gasteiger charge is -2.35. The summed E-state index contributed by atoms with van der Waals surface area (Å²) in [5.74, 6) is -0.887. The third-order valence-corrected chi connectivity index (χ3v) is 10.7. The van der Waals surface area contributed by atoms with Crippen LogP contribution in [0.2, 0.25) is 0 Å². The topological polar surface area (TPSA) is 96.0 Å². The zero-order chi connectivity index (χ0) is 34.8. The Morgan fingerprint density at radius 1 is 0.878 bits per heavy atom. The summed E-state index contributed by atoms with van der Waals surface area (Å²) in [6, 6.07) is 27.1. The van der Waals surface area contributed by atoms with Gasteiger partial charge in [-0.1, -0.05) is 73.9 Å². The first-order valence-corrected chi connectivity index (χ1v) is 18.3. The molecule has 1 N–H and O–H groups in total. The SMILES string of the molecule is CCOc1ccc(S(=O)(=O)N(CC(=O)N(Cc2ccccc2C)[C@@H](Cc2ccccc2)C(=O)NC2CCCCC2)c2ccc(F)cc2)cc1. The van der Waals surface area contributed by atoms with Crippen LogP contribution in [-0.4, -0.2) is 50.4 Å². The Balaban J connectivity index is 1.56. The monoisotopic (exact) mass is 685 g/mol. The molecule has 5 rings (SSSR count).